The van der Waals surface area contributed by atoms with Crippen LogP contribution in [0.3, 0.4) is 0 Å². The average molecular weight is 385 g/mol. The smallest absolute Gasteiger partial charge is 0.270 e. The highest BCUT2D eigenvalue weighted by molar-refractivity contribution is 7.09. The number of non-ortho nitro benzene ring substituents is 1. The highest BCUT2D eigenvalue weighted by atomic mass is 35.5. The number of thiazole rings is 1. The van der Waals surface area contributed by atoms with Crippen molar-refractivity contribution in [3.8, 4) is 0 Å². The maximum atomic E-state index is 11.9. The molecule has 0 bridgehead atoms. The Morgan fingerprint density at radius 2 is 1.96 bits per heavy atom. The van der Waals surface area contributed by atoms with Gasteiger partial charge < -0.3 is 11.1 Å². The number of halogens is 1. The minimum atomic E-state index is -0.406. The molecule has 25 heavy (non-hydrogen) atoms. The van der Waals surface area contributed by atoms with Gasteiger partial charge >= 0.3 is 0 Å². The fraction of sp³-hybridized carbons (Fsp3) is 0.375. The summed E-state index contributed by atoms with van der Waals surface area (Å²) in [5.74, 6) is -0.162. The van der Waals surface area contributed by atoms with Gasteiger partial charge in [-0.25, -0.2) is 4.98 Å². The Hall–Kier alpha value is -2.03. The van der Waals surface area contributed by atoms with Crippen molar-refractivity contribution >= 4 is 35.3 Å². The zero-order valence-electron chi connectivity index (χ0n) is 13.6. The number of nitrogens with zero attached hydrogens (tertiary/aromatic N) is 2. The number of nitro benzene ring substituents is 1. The number of carbonyl (C=O) groups is 1. The van der Waals surface area contributed by atoms with Crippen LogP contribution in [0.2, 0.25) is 0 Å². The second kappa shape index (κ2) is 10.8. The van der Waals surface area contributed by atoms with Crippen LogP contribution in [0.5, 0.6) is 0 Å². The molecular formula is C16H21ClN4O3S. The molecular weight excluding hydrogens is 364 g/mol. The second-order valence-electron chi connectivity index (χ2n) is 5.30. The second-order valence-corrected chi connectivity index (χ2v) is 6.24. The molecule has 0 fully saturated rings. The van der Waals surface area contributed by atoms with Crippen LogP contribution in [0.15, 0.2) is 29.6 Å². The van der Waals surface area contributed by atoms with E-state index in [9.17, 15) is 14.9 Å². The first-order chi connectivity index (χ1) is 11.6. The van der Waals surface area contributed by atoms with Crippen LogP contribution in [0.25, 0.3) is 0 Å². The van der Waals surface area contributed by atoms with Crippen LogP contribution >= 0.6 is 23.7 Å². The molecule has 0 unspecified atom stereocenters. The highest BCUT2D eigenvalue weighted by Crippen LogP contribution is 2.13. The molecule has 1 amide bonds. The number of aromatic nitrogens is 1. The lowest BCUT2D eigenvalue weighted by molar-refractivity contribution is -0.384. The Bertz CT molecular complexity index is 691. The number of amides is 1. The third-order valence-electron chi connectivity index (χ3n) is 3.47. The van der Waals surface area contributed by atoms with Gasteiger partial charge in [0, 0.05) is 30.5 Å². The predicted molar refractivity (Wildman–Crippen MR) is 100 cm³/mol. The number of benzene rings is 1. The van der Waals surface area contributed by atoms with E-state index in [1.807, 2.05) is 0 Å². The number of hydrogen-bond donors (Lipinski definition) is 2. The Labute approximate surface area is 156 Å². The molecule has 1 aromatic carbocycles. The van der Waals surface area contributed by atoms with E-state index in [0.29, 0.717) is 25.2 Å². The van der Waals surface area contributed by atoms with Gasteiger partial charge in [0.25, 0.3) is 11.6 Å². The fourth-order valence-corrected chi connectivity index (χ4v) is 2.98. The van der Waals surface area contributed by atoms with Gasteiger partial charge in [-0.2, -0.15) is 0 Å². The maximum absolute atomic E-state index is 11.9. The van der Waals surface area contributed by atoms with Crippen molar-refractivity contribution < 1.29 is 9.72 Å². The van der Waals surface area contributed by atoms with E-state index in [4.69, 9.17) is 5.73 Å². The summed E-state index contributed by atoms with van der Waals surface area (Å²) in [7, 11) is 0. The number of carbonyl (C=O) groups excluding carboxylic acids is 1. The summed E-state index contributed by atoms with van der Waals surface area (Å²) in [5.41, 5.74) is 7.06. The third-order valence-corrected chi connectivity index (χ3v) is 4.38. The van der Waals surface area contributed by atoms with Crippen LogP contribution in [0.1, 0.15) is 33.9 Å². The van der Waals surface area contributed by atoms with Crippen molar-refractivity contribution in [2.45, 2.75) is 25.7 Å². The first-order valence-corrected chi connectivity index (χ1v) is 8.64. The first kappa shape index (κ1) is 21.0. The SMILES string of the molecule is Cl.NCCc1nc(C(=O)NCCCCc2ccc([N+](=O)[O-])cc2)cs1. The summed E-state index contributed by atoms with van der Waals surface area (Å²) in [6, 6.07) is 6.56. The molecule has 0 aliphatic rings. The Kier molecular flexibility index (Phi) is 9.04. The van der Waals surface area contributed by atoms with Crippen LogP contribution in [-0.4, -0.2) is 28.9 Å². The van der Waals surface area contributed by atoms with Crippen LogP contribution < -0.4 is 11.1 Å². The quantitative estimate of drug-likeness (QED) is 0.392. The number of nitrogens with two attached hydrogens (primary N) is 1. The zero-order chi connectivity index (χ0) is 17.4. The van der Waals surface area contributed by atoms with Gasteiger partial charge in [0.2, 0.25) is 0 Å². The molecule has 9 heteroatoms. The van der Waals surface area contributed by atoms with Gasteiger partial charge in [-0.05, 0) is 31.4 Å². The summed E-state index contributed by atoms with van der Waals surface area (Å²) in [6.45, 7) is 1.10. The van der Waals surface area contributed by atoms with Crippen molar-refractivity contribution in [3.63, 3.8) is 0 Å². The largest absolute Gasteiger partial charge is 0.351 e. The van der Waals surface area contributed by atoms with Gasteiger partial charge in [-0.1, -0.05) is 12.1 Å². The van der Waals surface area contributed by atoms with Crippen molar-refractivity contribution in [3.05, 3.63) is 56.0 Å². The van der Waals surface area contributed by atoms with E-state index in [2.05, 4.69) is 10.3 Å². The summed E-state index contributed by atoms with van der Waals surface area (Å²) in [6.07, 6.45) is 3.24. The highest BCUT2D eigenvalue weighted by Gasteiger charge is 2.09. The van der Waals surface area contributed by atoms with Crippen LogP contribution in [0, 0.1) is 10.1 Å². The summed E-state index contributed by atoms with van der Waals surface area (Å²) in [4.78, 5) is 26.4. The lowest BCUT2D eigenvalue weighted by Gasteiger charge is -2.04. The van der Waals surface area contributed by atoms with Crippen LogP contribution in [0.4, 0.5) is 5.69 Å². The van der Waals surface area contributed by atoms with Gasteiger partial charge in [0.1, 0.15) is 5.69 Å². The summed E-state index contributed by atoms with van der Waals surface area (Å²) < 4.78 is 0. The van der Waals surface area contributed by atoms with Crippen molar-refractivity contribution in [1.29, 1.82) is 0 Å². The number of nitrogens with one attached hydrogen (secondary N) is 1. The van der Waals surface area contributed by atoms with E-state index in [0.717, 1.165) is 29.8 Å². The van der Waals surface area contributed by atoms with E-state index in [-0.39, 0.29) is 24.0 Å². The van der Waals surface area contributed by atoms with Gasteiger partial charge in [0.05, 0.1) is 9.93 Å². The monoisotopic (exact) mass is 384 g/mol. The Morgan fingerprint density at radius 3 is 2.60 bits per heavy atom. The fourth-order valence-electron chi connectivity index (χ4n) is 2.18. The number of unbranched alkanes of at least 4 members (excludes halogenated alkanes) is 1. The molecule has 3 N–H and O–H groups in total. The van der Waals surface area contributed by atoms with Crippen molar-refractivity contribution in [2.75, 3.05) is 13.1 Å². The minimum absolute atomic E-state index is 0. The normalized spacial score (nSPS) is 10.1. The summed E-state index contributed by atoms with van der Waals surface area (Å²) in [5, 5.41) is 16.1. The van der Waals surface area contributed by atoms with Gasteiger partial charge in [0.15, 0.2) is 0 Å². The van der Waals surface area contributed by atoms with E-state index < -0.39 is 4.92 Å². The summed E-state index contributed by atoms with van der Waals surface area (Å²) >= 11 is 1.45. The van der Waals surface area contributed by atoms with E-state index in [1.165, 1.54) is 23.5 Å². The molecule has 136 valence electrons. The zero-order valence-corrected chi connectivity index (χ0v) is 15.3. The molecule has 0 spiro atoms. The number of aryl methyl sites for hydroxylation is 1. The first-order valence-electron chi connectivity index (χ1n) is 7.76. The maximum Gasteiger partial charge on any atom is 0.270 e. The third kappa shape index (κ3) is 6.77. The van der Waals surface area contributed by atoms with Crippen LogP contribution in [-0.2, 0) is 12.8 Å². The molecule has 0 aliphatic carbocycles. The molecule has 0 saturated carbocycles. The molecule has 7 nitrogen and oxygen atoms in total. The predicted octanol–water partition coefficient (Wildman–Crippen LogP) is 2.73. The van der Waals surface area contributed by atoms with Gasteiger partial charge in [-0.15, -0.1) is 23.7 Å². The number of hydrogen-bond acceptors (Lipinski definition) is 6. The standard InChI is InChI=1S/C16H20N4O3S.ClH/c17-9-8-15-19-14(11-24-15)16(21)18-10-2-1-3-12-4-6-13(7-5-12)20(22)23;/h4-7,11H,1-3,8-10,17H2,(H,18,21);1H. The molecule has 0 radical (unpaired) electrons. The number of rotatable bonds is 9. The van der Waals surface area contributed by atoms with Crippen molar-refractivity contribution in [2.24, 2.45) is 5.73 Å². The lowest BCUT2D eigenvalue weighted by atomic mass is 10.1. The Balaban J connectivity index is 0.00000312. The number of nitro groups is 1. The molecule has 1 heterocycles. The molecule has 2 aromatic rings. The average Bonchev–Trinajstić information content (AvgIpc) is 3.04. The molecule has 0 aliphatic heterocycles. The van der Waals surface area contributed by atoms with E-state index >= 15 is 0 Å². The topological polar surface area (TPSA) is 111 Å². The molecule has 2 rings (SSSR count). The minimum Gasteiger partial charge on any atom is -0.351 e. The lowest BCUT2D eigenvalue weighted by Crippen LogP contribution is -2.24. The van der Waals surface area contributed by atoms with Gasteiger partial charge in [-0.3, -0.25) is 14.9 Å². The Morgan fingerprint density at radius 1 is 1.24 bits per heavy atom. The van der Waals surface area contributed by atoms with E-state index in [1.54, 1.807) is 17.5 Å². The molecule has 1 aromatic heterocycles. The molecule has 0 saturated heterocycles. The molecule has 0 atom stereocenters. The van der Waals surface area contributed by atoms with Crippen molar-refractivity contribution in [1.82, 2.24) is 10.3 Å².